The van der Waals surface area contributed by atoms with Crippen molar-refractivity contribution >= 4 is 16.7 Å². The highest BCUT2D eigenvalue weighted by Crippen LogP contribution is 2.39. The molecule has 122 valence electrons. The summed E-state index contributed by atoms with van der Waals surface area (Å²) in [5.74, 6) is 1.45. The van der Waals surface area contributed by atoms with Gasteiger partial charge in [-0.3, -0.25) is 9.78 Å². The van der Waals surface area contributed by atoms with Gasteiger partial charge >= 0.3 is 0 Å². The number of carbonyl (C=O) groups is 1. The minimum Gasteiger partial charge on any atom is -0.505 e. The lowest BCUT2D eigenvalue weighted by molar-refractivity contribution is -0.130. The van der Waals surface area contributed by atoms with E-state index in [1.54, 1.807) is 23.2 Å². The predicted molar refractivity (Wildman–Crippen MR) is 85.8 cm³/mol. The van der Waals surface area contributed by atoms with E-state index in [1.807, 2.05) is 13.8 Å². The SMILES string of the molecule is CCN(CC)C(=O)CCc1ncc2cc3c(cc2c1O)OCO3. The minimum absolute atomic E-state index is 0.0713. The molecule has 0 spiro atoms. The summed E-state index contributed by atoms with van der Waals surface area (Å²) in [5.41, 5.74) is 0.525. The number of amides is 1. The molecule has 0 bridgehead atoms. The van der Waals surface area contributed by atoms with Gasteiger partial charge in [-0.05, 0) is 26.0 Å². The van der Waals surface area contributed by atoms with Gasteiger partial charge in [0, 0.05) is 42.9 Å². The summed E-state index contributed by atoms with van der Waals surface area (Å²) >= 11 is 0. The molecule has 0 radical (unpaired) electrons. The highest BCUT2D eigenvalue weighted by atomic mass is 16.7. The molecule has 1 N–H and O–H groups in total. The Bertz CT molecular complexity index is 741. The van der Waals surface area contributed by atoms with E-state index in [0.717, 1.165) is 5.39 Å². The summed E-state index contributed by atoms with van der Waals surface area (Å²) in [7, 11) is 0. The average molecular weight is 316 g/mol. The molecule has 6 nitrogen and oxygen atoms in total. The van der Waals surface area contributed by atoms with Crippen LogP contribution in [0.5, 0.6) is 17.2 Å². The van der Waals surface area contributed by atoms with Crippen molar-refractivity contribution in [3.05, 3.63) is 24.0 Å². The van der Waals surface area contributed by atoms with Crippen LogP contribution < -0.4 is 9.47 Å². The molecule has 1 aliphatic rings. The van der Waals surface area contributed by atoms with Crippen LogP contribution >= 0.6 is 0 Å². The Morgan fingerprint density at radius 2 is 1.96 bits per heavy atom. The Labute approximate surface area is 134 Å². The minimum atomic E-state index is 0.0713. The van der Waals surface area contributed by atoms with Crippen molar-refractivity contribution in [1.82, 2.24) is 9.88 Å². The second kappa shape index (κ2) is 6.32. The summed E-state index contributed by atoms with van der Waals surface area (Å²) in [6.07, 6.45) is 2.43. The van der Waals surface area contributed by atoms with Crippen LogP contribution in [0, 0.1) is 0 Å². The molecule has 0 saturated carbocycles. The number of ether oxygens (including phenoxy) is 2. The van der Waals surface area contributed by atoms with Crippen molar-refractivity contribution in [3.8, 4) is 17.2 Å². The number of carbonyl (C=O) groups excluding carboxylic acids is 1. The fourth-order valence-electron chi connectivity index (χ4n) is 2.78. The molecular formula is C17H20N2O4. The highest BCUT2D eigenvalue weighted by Gasteiger charge is 2.18. The number of aryl methyl sites for hydroxylation is 1. The maximum Gasteiger partial charge on any atom is 0.231 e. The molecule has 0 saturated heterocycles. The number of hydrogen-bond acceptors (Lipinski definition) is 5. The van der Waals surface area contributed by atoms with E-state index >= 15 is 0 Å². The third kappa shape index (κ3) is 2.88. The number of fused-ring (bicyclic) bond motifs is 2. The monoisotopic (exact) mass is 316 g/mol. The molecule has 2 aromatic rings. The zero-order valence-electron chi connectivity index (χ0n) is 13.3. The summed E-state index contributed by atoms with van der Waals surface area (Å²) < 4.78 is 10.7. The van der Waals surface area contributed by atoms with Gasteiger partial charge in [-0.25, -0.2) is 0 Å². The first kappa shape index (κ1) is 15.4. The number of hydrogen-bond donors (Lipinski definition) is 1. The zero-order chi connectivity index (χ0) is 16.4. The molecule has 1 amide bonds. The standard InChI is InChI=1S/C17H20N2O4/c1-3-19(4-2)16(20)6-5-13-17(21)12-8-15-14(22-10-23-15)7-11(12)9-18-13/h7-9,21H,3-6,10H2,1-2H3. The van der Waals surface area contributed by atoms with Crippen molar-refractivity contribution in [2.24, 2.45) is 0 Å². The van der Waals surface area contributed by atoms with E-state index in [0.29, 0.717) is 48.5 Å². The van der Waals surface area contributed by atoms with Gasteiger partial charge in [0.1, 0.15) is 5.75 Å². The Morgan fingerprint density at radius 1 is 1.26 bits per heavy atom. The van der Waals surface area contributed by atoms with Crippen LogP contribution in [0.15, 0.2) is 18.3 Å². The molecular weight excluding hydrogens is 296 g/mol. The van der Waals surface area contributed by atoms with Gasteiger partial charge in [0.15, 0.2) is 11.5 Å². The smallest absolute Gasteiger partial charge is 0.231 e. The molecule has 3 rings (SSSR count). The van der Waals surface area contributed by atoms with Crippen LogP contribution in [-0.4, -0.2) is 40.8 Å². The van der Waals surface area contributed by atoms with Crippen molar-refractivity contribution in [2.75, 3.05) is 19.9 Å². The van der Waals surface area contributed by atoms with E-state index in [-0.39, 0.29) is 18.4 Å². The summed E-state index contributed by atoms with van der Waals surface area (Å²) in [5, 5.41) is 11.9. The summed E-state index contributed by atoms with van der Waals surface area (Å²) in [6, 6.07) is 3.56. The van der Waals surface area contributed by atoms with E-state index in [4.69, 9.17) is 9.47 Å². The molecule has 6 heteroatoms. The third-order valence-corrected chi connectivity index (χ3v) is 4.12. The molecule has 0 aliphatic carbocycles. The van der Waals surface area contributed by atoms with Gasteiger partial charge < -0.3 is 19.5 Å². The lowest BCUT2D eigenvalue weighted by atomic mass is 10.1. The van der Waals surface area contributed by atoms with Crippen molar-refractivity contribution in [3.63, 3.8) is 0 Å². The van der Waals surface area contributed by atoms with E-state index in [2.05, 4.69) is 4.98 Å². The number of pyridine rings is 1. The number of aromatic nitrogens is 1. The van der Waals surface area contributed by atoms with Gasteiger partial charge in [0.25, 0.3) is 0 Å². The number of nitrogens with zero attached hydrogens (tertiary/aromatic N) is 2. The first-order valence-corrected chi connectivity index (χ1v) is 7.82. The fraction of sp³-hybridized carbons (Fsp3) is 0.412. The lowest BCUT2D eigenvalue weighted by Crippen LogP contribution is -2.30. The summed E-state index contributed by atoms with van der Waals surface area (Å²) in [4.78, 5) is 18.2. The molecule has 2 heterocycles. The fourth-order valence-corrected chi connectivity index (χ4v) is 2.78. The van der Waals surface area contributed by atoms with Gasteiger partial charge in [0.05, 0.1) is 5.69 Å². The van der Waals surface area contributed by atoms with Gasteiger partial charge in [-0.15, -0.1) is 0 Å². The number of rotatable bonds is 5. The quantitative estimate of drug-likeness (QED) is 0.917. The molecule has 1 aliphatic heterocycles. The second-order valence-corrected chi connectivity index (χ2v) is 5.41. The summed E-state index contributed by atoms with van der Waals surface area (Å²) in [6.45, 7) is 5.47. The predicted octanol–water partition coefficient (Wildman–Crippen LogP) is 2.47. The normalized spacial score (nSPS) is 12.6. The topological polar surface area (TPSA) is 71.9 Å². The number of benzene rings is 1. The van der Waals surface area contributed by atoms with Crippen LogP contribution in [-0.2, 0) is 11.2 Å². The maximum absolute atomic E-state index is 12.1. The van der Waals surface area contributed by atoms with Gasteiger partial charge in [-0.2, -0.15) is 0 Å². The molecule has 1 aromatic carbocycles. The van der Waals surface area contributed by atoms with E-state index in [9.17, 15) is 9.90 Å². The molecule has 0 fully saturated rings. The van der Waals surface area contributed by atoms with Crippen LogP contribution in [0.4, 0.5) is 0 Å². The zero-order valence-corrected chi connectivity index (χ0v) is 13.3. The lowest BCUT2D eigenvalue weighted by Gasteiger charge is -2.18. The largest absolute Gasteiger partial charge is 0.505 e. The number of aromatic hydroxyl groups is 1. The van der Waals surface area contributed by atoms with Crippen molar-refractivity contribution in [1.29, 1.82) is 0 Å². The van der Waals surface area contributed by atoms with Gasteiger partial charge in [0.2, 0.25) is 12.7 Å². The van der Waals surface area contributed by atoms with Crippen LogP contribution in [0.25, 0.3) is 10.8 Å². The third-order valence-electron chi connectivity index (χ3n) is 4.12. The Kier molecular flexibility index (Phi) is 4.23. The Hall–Kier alpha value is -2.50. The second-order valence-electron chi connectivity index (χ2n) is 5.41. The molecule has 1 aromatic heterocycles. The molecule has 0 unspecified atom stereocenters. The Balaban J connectivity index is 1.83. The highest BCUT2D eigenvalue weighted by molar-refractivity contribution is 5.91. The van der Waals surface area contributed by atoms with Crippen molar-refractivity contribution in [2.45, 2.75) is 26.7 Å². The van der Waals surface area contributed by atoms with Crippen molar-refractivity contribution < 1.29 is 19.4 Å². The first-order valence-electron chi connectivity index (χ1n) is 7.82. The Morgan fingerprint density at radius 3 is 2.65 bits per heavy atom. The van der Waals surface area contributed by atoms with E-state index < -0.39 is 0 Å². The van der Waals surface area contributed by atoms with Crippen LogP contribution in [0.3, 0.4) is 0 Å². The molecule has 0 atom stereocenters. The molecule has 23 heavy (non-hydrogen) atoms. The van der Waals surface area contributed by atoms with Crippen LogP contribution in [0.1, 0.15) is 26.0 Å². The maximum atomic E-state index is 12.1. The van der Waals surface area contributed by atoms with E-state index in [1.165, 1.54) is 0 Å². The van der Waals surface area contributed by atoms with Crippen LogP contribution in [0.2, 0.25) is 0 Å². The van der Waals surface area contributed by atoms with Gasteiger partial charge in [-0.1, -0.05) is 0 Å². The average Bonchev–Trinajstić information content (AvgIpc) is 3.01. The first-order chi connectivity index (χ1) is 11.1.